The number of halogens is 5. The van der Waals surface area contributed by atoms with Crippen LogP contribution in [0, 0.1) is 23.1 Å². The number of benzene rings is 1. The van der Waals surface area contributed by atoms with E-state index in [4.69, 9.17) is 5.26 Å². The lowest BCUT2D eigenvalue weighted by atomic mass is 10.2. The molecule has 0 radical (unpaired) electrons. The van der Waals surface area contributed by atoms with Gasteiger partial charge in [-0.3, -0.25) is 14.4 Å². The van der Waals surface area contributed by atoms with Crippen molar-refractivity contribution in [2.75, 3.05) is 5.32 Å². The number of amides is 2. The van der Waals surface area contributed by atoms with Crippen molar-refractivity contribution >= 4 is 23.3 Å². The van der Waals surface area contributed by atoms with Crippen LogP contribution in [0.15, 0.2) is 24.3 Å². The van der Waals surface area contributed by atoms with E-state index in [2.05, 4.69) is 5.32 Å². The van der Waals surface area contributed by atoms with Crippen LogP contribution in [-0.2, 0) is 11.8 Å². The number of nitrogens with zero attached hydrogens (tertiary/aromatic N) is 2. The largest absolute Gasteiger partial charge is 0.408 e. The number of nitrogens with one attached hydrogen (secondary N) is 2. The fraction of sp³-hybridized carbons (Fsp3) is 0.222. The molecule has 1 heterocycles. The standard InChI is InChI=1S/C18H13F5N4O3/c1-8(18(21,22)23)25-17(30)14(28)13-6-11(15(20)27(13)2)16(29)26-10-3-4-12(19)9(5-10)7-24/h3-6,8H,1-2H3,(H,25,30)(H,26,29). The molecule has 12 heteroatoms. The first kappa shape index (κ1) is 22.5. The predicted molar refractivity (Wildman–Crippen MR) is 92.4 cm³/mol. The molecule has 0 saturated carbocycles. The van der Waals surface area contributed by atoms with Gasteiger partial charge in [-0.2, -0.15) is 22.8 Å². The van der Waals surface area contributed by atoms with Crippen LogP contribution in [0.1, 0.15) is 33.3 Å². The molecule has 1 aromatic heterocycles. The van der Waals surface area contributed by atoms with Gasteiger partial charge in [-0.1, -0.05) is 0 Å². The van der Waals surface area contributed by atoms with Crippen molar-refractivity contribution in [1.82, 2.24) is 9.88 Å². The van der Waals surface area contributed by atoms with E-state index in [1.807, 2.05) is 0 Å². The number of rotatable bonds is 5. The van der Waals surface area contributed by atoms with Crippen LogP contribution in [0.5, 0.6) is 0 Å². The Morgan fingerprint density at radius 3 is 2.37 bits per heavy atom. The van der Waals surface area contributed by atoms with Gasteiger partial charge in [0.1, 0.15) is 17.9 Å². The van der Waals surface area contributed by atoms with Gasteiger partial charge < -0.3 is 15.2 Å². The first-order valence-electron chi connectivity index (χ1n) is 8.15. The molecule has 0 aliphatic heterocycles. The molecule has 158 valence electrons. The maximum Gasteiger partial charge on any atom is 0.408 e. The van der Waals surface area contributed by atoms with E-state index in [0.29, 0.717) is 17.6 Å². The van der Waals surface area contributed by atoms with E-state index in [1.54, 1.807) is 6.07 Å². The van der Waals surface area contributed by atoms with Gasteiger partial charge in [0.15, 0.2) is 0 Å². The number of ketones is 1. The van der Waals surface area contributed by atoms with E-state index in [-0.39, 0.29) is 11.3 Å². The molecule has 2 aromatic rings. The second-order valence-corrected chi connectivity index (χ2v) is 6.12. The minimum absolute atomic E-state index is 0.0502. The summed E-state index contributed by atoms with van der Waals surface area (Å²) in [6, 6.07) is 2.92. The third-order valence-electron chi connectivity index (χ3n) is 4.03. The molecule has 2 rings (SSSR count). The average molecular weight is 428 g/mol. The van der Waals surface area contributed by atoms with Crippen LogP contribution in [0.2, 0.25) is 0 Å². The van der Waals surface area contributed by atoms with Gasteiger partial charge in [-0.25, -0.2) is 4.39 Å². The van der Waals surface area contributed by atoms with Gasteiger partial charge >= 0.3 is 6.18 Å². The Labute approximate surface area is 166 Å². The number of aromatic nitrogens is 1. The first-order valence-corrected chi connectivity index (χ1v) is 8.15. The third kappa shape index (κ3) is 4.62. The topological polar surface area (TPSA) is 104 Å². The Bertz CT molecular complexity index is 1070. The summed E-state index contributed by atoms with van der Waals surface area (Å²) in [5.74, 6) is -6.30. The van der Waals surface area contributed by atoms with Gasteiger partial charge in [0.25, 0.3) is 17.6 Å². The lowest BCUT2D eigenvalue weighted by Crippen LogP contribution is -2.46. The molecule has 2 amide bonds. The summed E-state index contributed by atoms with van der Waals surface area (Å²) in [5.41, 5.74) is -1.79. The van der Waals surface area contributed by atoms with Gasteiger partial charge in [-0.05, 0) is 31.2 Å². The molecule has 0 fully saturated rings. The number of hydrogen-bond donors (Lipinski definition) is 2. The first-order chi connectivity index (χ1) is 13.9. The van der Waals surface area contributed by atoms with Crippen molar-refractivity contribution in [3.05, 3.63) is 52.9 Å². The summed E-state index contributed by atoms with van der Waals surface area (Å²) in [5, 5.41) is 12.4. The number of anilines is 1. The maximum atomic E-state index is 14.4. The summed E-state index contributed by atoms with van der Waals surface area (Å²) in [4.78, 5) is 36.2. The van der Waals surface area contributed by atoms with E-state index in [0.717, 1.165) is 25.2 Å². The molecule has 0 bridgehead atoms. The molecule has 0 aliphatic carbocycles. The highest BCUT2D eigenvalue weighted by Gasteiger charge is 2.38. The van der Waals surface area contributed by atoms with E-state index < -0.39 is 52.8 Å². The molecular weight excluding hydrogens is 415 g/mol. The van der Waals surface area contributed by atoms with Crippen molar-refractivity contribution < 1.29 is 36.3 Å². The Morgan fingerprint density at radius 2 is 1.80 bits per heavy atom. The highest BCUT2D eigenvalue weighted by molar-refractivity contribution is 6.42. The van der Waals surface area contributed by atoms with Gasteiger partial charge in [0.2, 0.25) is 5.95 Å². The average Bonchev–Trinajstić information content (AvgIpc) is 2.97. The zero-order chi connectivity index (χ0) is 22.8. The van der Waals surface area contributed by atoms with Crippen LogP contribution in [-0.4, -0.2) is 34.4 Å². The van der Waals surface area contributed by atoms with E-state index in [1.165, 1.54) is 5.32 Å². The molecule has 2 N–H and O–H groups in total. The summed E-state index contributed by atoms with van der Waals surface area (Å²) in [6.45, 7) is 0.619. The van der Waals surface area contributed by atoms with Crippen LogP contribution in [0.25, 0.3) is 0 Å². The molecule has 0 spiro atoms. The quantitative estimate of drug-likeness (QED) is 0.434. The van der Waals surface area contributed by atoms with Crippen LogP contribution in [0.3, 0.4) is 0 Å². The van der Waals surface area contributed by atoms with Gasteiger partial charge in [0, 0.05) is 12.7 Å². The highest BCUT2D eigenvalue weighted by atomic mass is 19.4. The Kier molecular flexibility index (Phi) is 6.25. The zero-order valence-electron chi connectivity index (χ0n) is 15.4. The highest BCUT2D eigenvalue weighted by Crippen LogP contribution is 2.21. The predicted octanol–water partition coefficient (Wildman–Crippen LogP) is 2.68. The number of nitriles is 1. The van der Waals surface area contributed by atoms with Crippen LogP contribution < -0.4 is 10.6 Å². The fourth-order valence-corrected chi connectivity index (χ4v) is 2.30. The zero-order valence-corrected chi connectivity index (χ0v) is 15.4. The molecule has 1 atom stereocenters. The second-order valence-electron chi connectivity index (χ2n) is 6.12. The molecule has 30 heavy (non-hydrogen) atoms. The van der Waals surface area contributed by atoms with Crippen molar-refractivity contribution in [2.24, 2.45) is 7.05 Å². The van der Waals surface area contributed by atoms with Crippen molar-refractivity contribution in [1.29, 1.82) is 5.26 Å². The summed E-state index contributed by atoms with van der Waals surface area (Å²) >= 11 is 0. The van der Waals surface area contributed by atoms with Crippen molar-refractivity contribution in [2.45, 2.75) is 19.1 Å². The summed E-state index contributed by atoms with van der Waals surface area (Å²) < 4.78 is 65.8. The summed E-state index contributed by atoms with van der Waals surface area (Å²) in [7, 11) is 0.992. The number of hydrogen-bond acceptors (Lipinski definition) is 4. The minimum Gasteiger partial charge on any atom is -0.338 e. The Balaban J connectivity index is 2.26. The van der Waals surface area contributed by atoms with Crippen molar-refractivity contribution in [3.8, 4) is 6.07 Å². The molecule has 1 aromatic carbocycles. The second kappa shape index (κ2) is 8.32. The SMILES string of the molecule is CC(NC(=O)C(=O)c1cc(C(=O)Nc2ccc(F)c(C#N)c2)c(F)n1C)C(F)(F)F. The lowest BCUT2D eigenvalue weighted by Gasteiger charge is -2.16. The maximum absolute atomic E-state index is 14.4. The smallest absolute Gasteiger partial charge is 0.338 e. The van der Waals surface area contributed by atoms with E-state index in [9.17, 15) is 36.3 Å². The van der Waals surface area contributed by atoms with Crippen LogP contribution in [0.4, 0.5) is 27.6 Å². The van der Waals surface area contributed by atoms with Gasteiger partial charge in [-0.15, -0.1) is 0 Å². The Morgan fingerprint density at radius 1 is 1.17 bits per heavy atom. The summed E-state index contributed by atoms with van der Waals surface area (Å²) in [6.07, 6.45) is -4.79. The normalized spacial score (nSPS) is 12.1. The third-order valence-corrected chi connectivity index (χ3v) is 4.03. The van der Waals surface area contributed by atoms with Gasteiger partial charge in [0.05, 0.1) is 16.8 Å². The van der Waals surface area contributed by atoms with E-state index >= 15 is 0 Å². The van der Waals surface area contributed by atoms with Crippen LogP contribution >= 0.6 is 0 Å². The number of Topliss-reactive ketones (excluding diaryl/α,β-unsaturated/α-hetero) is 1. The number of carbonyl (C=O) groups excluding carboxylic acids is 3. The van der Waals surface area contributed by atoms with Crippen molar-refractivity contribution in [3.63, 3.8) is 0 Å². The molecule has 7 nitrogen and oxygen atoms in total. The number of carbonyl (C=O) groups is 3. The Hall–Kier alpha value is -3.75. The fourth-order valence-electron chi connectivity index (χ4n) is 2.30. The molecular formula is C18H13F5N4O3. The minimum atomic E-state index is -4.79. The lowest BCUT2D eigenvalue weighted by molar-refractivity contribution is -0.156. The molecule has 0 aliphatic rings. The molecule has 0 saturated heterocycles. The molecule has 1 unspecified atom stereocenters. The number of alkyl halides is 3. The monoisotopic (exact) mass is 428 g/mol.